The van der Waals surface area contributed by atoms with Crippen LogP contribution < -0.4 is 0 Å². The van der Waals surface area contributed by atoms with Crippen LogP contribution >= 0.6 is 12.6 Å². The Morgan fingerprint density at radius 3 is 2.55 bits per heavy atom. The van der Waals surface area contributed by atoms with E-state index in [1.165, 1.54) is 12.8 Å². The second-order valence-corrected chi connectivity index (χ2v) is 3.79. The van der Waals surface area contributed by atoms with Crippen LogP contribution in [0.4, 0.5) is 0 Å². The van der Waals surface area contributed by atoms with Crippen LogP contribution in [0, 0.1) is 0 Å². The Bertz CT molecular complexity index is 139. The fourth-order valence-corrected chi connectivity index (χ4v) is 1.33. The molecular weight excluding hydrogens is 160 g/mol. The zero-order valence-corrected chi connectivity index (χ0v) is 7.64. The Labute approximate surface area is 72.7 Å². The third-order valence-electron chi connectivity index (χ3n) is 1.93. The van der Waals surface area contributed by atoms with E-state index in [0.717, 1.165) is 12.8 Å². The summed E-state index contributed by atoms with van der Waals surface area (Å²) in [6, 6.07) is 0. The lowest BCUT2D eigenvalue weighted by molar-refractivity contribution is -0.147. The molecule has 1 aliphatic carbocycles. The van der Waals surface area contributed by atoms with Gasteiger partial charge in [0.05, 0.1) is 5.25 Å². The second kappa shape index (κ2) is 4.00. The van der Waals surface area contributed by atoms with Gasteiger partial charge in [-0.25, -0.2) is 0 Å². The predicted molar refractivity (Wildman–Crippen MR) is 46.8 cm³/mol. The number of esters is 1. The zero-order valence-electron chi connectivity index (χ0n) is 6.75. The number of carbonyl (C=O) groups is 1. The molecule has 1 aliphatic rings. The predicted octanol–water partition coefficient (Wildman–Crippen LogP) is 1.79. The van der Waals surface area contributed by atoms with Crippen LogP contribution in [0.25, 0.3) is 0 Å². The number of hydrogen-bond donors (Lipinski definition) is 1. The Balaban J connectivity index is 2.24. The quantitative estimate of drug-likeness (QED) is 0.510. The monoisotopic (exact) mass is 174 g/mol. The number of hydrogen-bond acceptors (Lipinski definition) is 3. The summed E-state index contributed by atoms with van der Waals surface area (Å²) in [5.74, 6) is -0.180. The van der Waals surface area contributed by atoms with Crippen molar-refractivity contribution in [3.8, 4) is 0 Å². The molecule has 0 saturated heterocycles. The lowest BCUT2D eigenvalue weighted by Crippen LogP contribution is -2.20. The summed E-state index contributed by atoms with van der Waals surface area (Å²) in [7, 11) is 0. The second-order valence-electron chi connectivity index (χ2n) is 3.02. The first-order valence-electron chi connectivity index (χ1n) is 4.08. The van der Waals surface area contributed by atoms with Crippen LogP contribution in [0.2, 0.25) is 0 Å². The van der Waals surface area contributed by atoms with E-state index in [9.17, 15) is 4.79 Å². The first-order valence-corrected chi connectivity index (χ1v) is 4.60. The fourth-order valence-electron chi connectivity index (χ4n) is 1.27. The molecule has 3 heteroatoms. The first-order chi connectivity index (χ1) is 5.20. The number of ether oxygens (including phenoxy) is 1. The lowest BCUT2D eigenvalue weighted by Gasteiger charge is -2.12. The van der Waals surface area contributed by atoms with Crippen molar-refractivity contribution in [1.82, 2.24) is 0 Å². The molecule has 2 nitrogen and oxygen atoms in total. The fraction of sp³-hybridized carbons (Fsp3) is 0.875. The summed E-state index contributed by atoms with van der Waals surface area (Å²) in [6.07, 6.45) is 4.63. The summed E-state index contributed by atoms with van der Waals surface area (Å²) in [4.78, 5) is 11.0. The third-order valence-corrected chi connectivity index (χ3v) is 2.14. The molecule has 0 aromatic heterocycles. The molecule has 64 valence electrons. The van der Waals surface area contributed by atoms with Crippen LogP contribution in [0.15, 0.2) is 0 Å². The molecule has 0 bridgehead atoms. The molecule has 0 spiro atoms. The highest BCUT2D eigenvalue weighted by Gasteiger charge is 2.20. The SMILES string of the molecule is CC(S)C(=O)OC1CCCC1. The van der Waals surface area contributed by atoms with E-state index in [4.69, 9.17) is 4.74 Å². The number of carbonyl (C=O) groups excluding carboxylic acids is 1. The summed E-state index contributed by atoms with van der Waals surface area (Å²) >= 11 is 3.99. The van der Waals surface area contributed by atoms with Gasteiger partial charge in [-0.3, -0.25) is 4.79 Å². The van der Waals surface area contributed by atoms with E-state index in [1.54, 1.807) is 6.92 Å². The van der Waals surface area contributed by atoms with Crippen molar-refractivity contribution >= 4 is 18.6 Å². The molecule has 1 fully saturated rings. The van der Waals surface area contributed by atoms with Crippen molar-refractivity contribution in [1.29, 1.82) is 0 Å². The average Bonchev–Trinajstić information content (AvgIpc) is 2.39. The average molecular weight is 174 g/mol. The van der Waals surface area contributed by atoms with Crippen LogP contribution in [0.5, 0.6) is 0 Å². The topological polar surface area (TPSA) is 26.3 Å². The molecule has 1 unspecified atom stereocenters. The van der Waals surface area contributed by atoms with Crippen molar-refractivity contribution in [2.75, 3.05) is 0 Å². The lowest BCUT2D eigenvalue weighted by atomic mass is 10.3. The van der Waals surface area contributed by atoms with Gasteiger partial charge in [0.2, 0.25) is 0 Å². The Kier molecular flexibility index (Phi) is 3.24. The van der Waals surface area contributed by atoms with E-state index in [0.29, 0.717) is 0 Å². The molecule has 1 saturated carbocycles. The first kappa shape index (κ1) is 8.91. The van der Waals surface area contributed by atoms with E-state index >= 15 is 0 Å². The van der Waals surface area contributed by atoms with Crippen molar-refractivity contribution in [2.24, 2.45) is 0 Å². The maximum absolute atomic E-state index is 11.0. The van der Waals surface area contributed by atoms with E-state index in [2.05, 4.69) is 12.6 Å². The zero-order chi connectivity index (χ0) is 8.27. The van der Waals surface area contributed by atoms with Crippen molar-refractivity contribution in [2.45, 2.75) is 44.0 Å². The van der Waals surface area contributed by atoms with Crippen LogP contribution in [-0.2, 0) is 9.53 Å². The van der Waals surface area contributed by atoms with E-state index in [-0.39, 0.29) is 17.3 Å². The Hall–Kier alpha value is -0.180. The van der Waals surface area contributed by atoms with Crippen molar-refractivity contribution < 1.29 is 9.53 Å². The molecule has 11 heavy (non-hydrogen) atoms. The highest BCUT2D eigenvalue weighted by Crippen LogP contribution is 2.21. The molecular formula is C8H14O2S. The maximum Gasteiger partial charge on any atom is 0.318 e. The summed E-state index contributed by atoms with van der Waals surface area (Å²) in [6.45, 7) is 1.74. The van der Waals surface area contributed by atoms with Crippen LogP contribution in [0.1, 0.15) is 32.6 Å². The Morgan fingerprint density at radius 1 is 1.55 bits per heavy atom. The van der Waals surface area contributed by atoms with Gasteiger partial charge in [0, 0.05) is 0 Å². The molecule has 0 aliphatic heterocycles. The summed E-state index contributed by atoms with van der Waals surface area (Å²) in [5, 5.41) is -0.282. The smallest absolute Gasteiger partial charge is 0.318 e. The minimum atomic E-state index is -0.282. The van der Waals surface area contributed by atoms with Gasteiger partial charge in [-0.1, -0.05) is 0 Å². The summed E-state index contributed by atoms with van der Waals surface area (Å²) < 4.78 is 5.16. The van der Waals surface area contributed by atoms with Gasteiger partial charge >= 0.3 is 5.97 Å². The van der Waals surface area contributed by atoms with Gasteiger partial charge in [0.25, 0.3) is 0 Å². The molecule has 1 rings (SSSR count). The van der Waals surface area contributed by atoms with Crippen LogP contribution in [0.3, 0.4) is 0 Å². The Morgan fingerprint density at radius 2 is 2.09 bits per heavy atom. The van der Waals surface area contributed by atoms with Gasteiger partial charge in [-0.2, -0.15) is 12.6 Å². The normalized spacial score (nSPS) is 21.6. The summed E-state index contributed by atoms with van der Waals surface area (Å²) in [5.41, 5.74) is 0. The molecule has 0 aromatic rings. The highest BCUT2D eigenvalue weighted by atomic mass is 32.1. The molecule has 0 amide bonds. The largest absolute Gasteiger partial charge is 0.462 e. The molecule has 1 atom stereocenters. The van der Waals surface area contributed by atoms with Crippen molar-refractivity contribution in [3.05, 3.63) is 0 Å². The minimum absolute atomic E-state index is 0.178. The van der Waals surface area contributed by atoms with Crippen LogP contribution in [-0.4, -0.2) is 17.3 Å². The molecule has 0 heterocycles. The molecule has 0 N–H and O–H groups in total. The van der Waals surface area contributed by atoms with Gasteiger partial charge in [-0.15, -0.1) is 0 Å². The molecule has 0 aromatic carbocycles. The molecule has 0 radical (unpaired) electrons. The number of thiol groups is 1. The van der Waals surface area contributed by atoms with Gasteiger partial charge < -0.3 is 4.74 Å². The maximum atomic E-state index is 11.0. The highest BCUT2D eigenvalue weighted by molar-refractivity contribution is 7.81. The van der Waals surface area contributed by atoms with E-state index < -0.39 is 0 Å². The van der Waals surface area contributed by atoms with Crippen molar-refractivity contribution in [3.63, 3.8) is 0 Å². The van der Waals surface area contributed by atoms with Gasteiger partial charge in [0.1, 0.15) is 6.10 Å². The number of rotatable bonds is 2. The standard InChI is InChI=1S/C8H14O2S/c1-6(11)8(9)10-7-4-2-3-5-7/h6-7,11H,2-5H2,1H3. The van der Waals surface area contributed by atoms with Gasteiger partial charge in [-0.05, 0) is 32.6 Å². The van der Waals surface area contributed by atoms with E-state index in [1.807, 2.05) is 0 Å². The third kappa shape index (κ3) is 2.73. The van der Waals surface area contributed by atoms with Gasteiger partial charge in [0.15, 0.2) is 0 Å². The minimum Gasteiger partial charge on any atom is -0.462 e.